The summed E-state index contributed by atoms with van der Waals surface area (Å²) in [6.45, 7) is 3.65. The first-order chi connectivity index (χ1) is 8.09. The summed E-state index contributed by atoms with van der Waals surface area (Å²) in [6, 6.07) is 7.66. The largest absolute Gasteiger partial charge is 0.321 e. The molecule has 0 saturated carbocycles. The molecule has 1 heterocycles. The molecule has 2 N–H and O–H groups in total. The van der Waals surface area contributed by atoms with Gasteiger partial charge in [-0.2, -0.15) is 5.10 Å². The number of aromatic amines is 1. The van der Waals surface area contributed by atoms with Gasteiger partial charge in [0.2, 0.25) is 0 Å². The topological polar surface area (TPSA) is 57.8 Å². The third-order valence-corrected chi connectivity index (χ3v) is 3.42. The van der Waals surface area contributed by atoms with E-state index in [0.717, 1.165) is 15.0 Å². The first-order valence-electron chi connectivity index (χ1n) is 5.17. The van der Waals surface area contributed by atoms with E-state index in [0.29, 0.717) is 11.3 Å². The Morgan fingerprint density at radius 1 is 1.35 bits per heavy atom. The van der Waals surface area contributed by atoms with Crippen molar-refractivity contribution in [3.05, 3.63) is 44.8 Å². The van der Waals surface area contributed by atoms with Crippen LogP contribution in [0.2, 0.25) is 0 Å². The molecule has 17 heavy (non-hydrogen) atoms. The number of aryl methyl sites for hydroxylation is 2. The van der Waals surface area contributed by atoms with Crippen molar-refractivity contribution in [3.63, 3.8) is 0 Å². The normalized spacial score (nSPS) is 10.3. The molecule has 1 amide bonds. The van der Waals surface area contributed by atoms with Gasteiger partial charge in [-0.3, -0.25) is 9.89 Å². The number of aromatic nitrogens is 2. The highest BCUT2D eigenvalue weighted by Gasteiger charge is 2.15. The lowest BCUT2D eigenvalue weighted by molar-refractivity contribution is 0.102. The van der Waals surface area contributed by atoms with Crippen LogP contribution < -0.4 is 5.32 Å². The second-order valence-corrected chi connectivity index (χ2v) is 4.91. The average Bonchev–Trinajstić information content (AvgIpc) is 2.62. The second kappa shape index (κ2) is 4.87. The van der Waals surface area contributed by atoms with Crippen LogP contribution in [0.5, 0.6) is 0 Å². The lowest BCUT2D eigenvalue weighted by Gasteiger charge is -2.07. The fourth-order valence-electron chi connectivity index (χ4n) is 1.63. The molecule has 0 atom stereocenters. The molecule has 0 unspecified atom stereocenters. The molecule has 4 nitrogen and oxygen atoms in total. The predicted octanol–water partition coefficient (Wildman–Crippen LogP) is 2.88. The van der Waals surface area contributed by atoms with Crippen molar-refractivity contribution in [1.82, 2.24) is 10.2 Å². The standard InChI is InChI=1S/C12H12IN3O/c1-7-11(8(2)16-15-7)12(17)14-10-6-4-3-5-9(10)13/h3-6H,1-2H3,(H,14,17)(H,15,16). The Labute approximate surface area is 113 Å². The summed E-state index contributed by atoms with van der Waals surface area (Å²) in [7, 11) is 0. The summed E-state index contributed by atoms with van der Waals surface area (Å²) >= 11 is 2.19. The minimum Gasteiger partial charge on any atom is -0.321 e. The van der Waals surface area contributed by atoms with Crippen LogP contribution in [0.15, 0.2) is 24.3 Å². The predicted molar refractivity (Wildman–Crippen MR) is 75.2 cm³/mol. The molecule has 0 saturated heterocycles. The van der Waals surface area contributed by atoms with E-state index in [1.807, 2.05) is 38.1 Å². The van der Waals surface area contributed by atoms with Crippen molar-refractivity contribution in [2.75, 3.05) is 5.32 Å². The number of carbonyl (C=O) groups excluding carboxylic acids is 1. The molecule has 1 aromatic carbocycles. The van der Waals surface area contributed by atoms with E-state index in [1.165, 1.54) is 0 Å². The molecule has 0 aliphatic rings. The molecule has 0 bridgehead atoms. The van der Waals surface area contributed by atoms with E-state index in [4.69, 9.17) is 0 Å². The number of nitrogens with one attached hydrogen (secondary N) is 2. The van der Waals surface area contributed by atoms with E-state index >= 15 is 0 Å². The van der Waals surface area contributed by atoms with Crippen molar-refractivity contribution < 1.29 is 4.79 Å². The maximum atomic E-state index is 12.1. The quantitative estimate of drug-likeness (QED) is 0.826. The highest BCUT2D eigenvalue weighted by Crippen LogP contribution is 2.19. The highest BCUT2D eigenvalue weighted by molar-refractivity contribution is 14.1. The monoisotopic (exact) mass is 341 g/mol. The minimum absolute atomic E-state index is 0.127. The molecule has 88 valence electrons. The maximum Gasteiger partial charge on any atom is 0.259 e. The summed E-state index contributed by atoms with van der Waals surface area (Å²) < 4.78 is 1.01. The SMILES string of the molecule is Cc1n[nH]c(C)c1C(=O)Nc1ccccc1I. The second-order valence-electron chi connectivity index (χ2n) is 3.74. The van der Waals surface area contributed by atoms with Crippen LogP contribution in [0.1, 0.15) is 21.7 Å². The third-order valence-electron chi connectivity index (χ3n) is 2.48. The third kappa shape index (κ3) is 2.49. The van der Waals surface area contributed by atoms with E-state index in [-0.39, 0.29) is 5.91 Å². The van der Waals surface area contributed by atoms with Crippen LogP contribution in [-0.2, 0) is 0 Å². The van der Waals surface area contributed by atoms with Crippen LogP contribution in [0.4, 0.5) is 5.69 Å². The van der Waals surface area contributed by atoms with Gasteiger partial charge in [-0.05, 0) is 48.6 Å². The summed E-state index contributed by atoms with van der Waals surface area (Å²) in [4.78, 5) is 12.1. The molecule has 1 aromatic heterocycles. The summed E-state index contributed by atoms with van der Waals surface area (Å²) in [5.41, 5.74) is 2.93. The van der Waals surface area contributed by atoms with Gasteiger partial charge in [0.15, 0.2) is 0 Å². The first-order valence-corrected chi connectivity index (χ1v) is 6.25. The zero-order valence-corrected chi connectivity index (χ0v) is 11.7. The number of hydrogen-bond acceptors (Lipinski definition) is 2. The number of rotatable bonds is 2. The number of para-hydroxylation sites is 1. The lowest BCUT2D eigenvalue weighted by atomic mass is 10.2. The van der Waals surface area contributed by atoms with Gasteiger partial charge in [0.1, 0.15) is 0 Å². The Kier molecular flexibility index (Phi) is 3.46. The van der Waals surface area contributed by atoms with Gasteiger partial charge in [-0.25, -0.2) is 0 Å². The number of anilines is 1. The highest BCUT2D eigenvalue weighted by atomic mass is 127. The van der Waals surface area contributed by atoms with E-state index in [1.54, 1.807) is 0 Å². The van der Waals surface area contributed by atoms with Gasteiger partial charge in [-0.15, -0.1) is 0 Å². The van der Waals surface area contributed by atoms with Gasteiger partial charge < -0.3 is 5.32 Å². The molecular weight excluding hydrogens is 329 g/mol. The smallest absolute Gasteiger partial charge is 0.259 e. The molecule has 2 rings (SSSR count). The minimum atomic E-state index is -0.127. The van der Waals surface area contributed by atoms with Crippen LogP contribution in [0.3, 0.4) is 0 Å². The molecular formula is C12H12IN3O. The molecule has 0 radical (unpaired) electrons. The van der Waals surface area contributed by atoms with Crippen LogP contribution in [0, 0.1) is 17.4 Å². The molecule has 0 aliphatic carbocycles. The van der Waals surface area contributed by atoms with E-state index in [9.17, 15) is 4.79 Å². The van der Waals surface area contributed by atoms with Gasteiger partial charge in [-0.1, -0.05) is 12.1 Å². The lowest BCUT2D eigenvalue weighted by Crippen LogP contribution is -2.14. The fourth-order valence-corrected chi connectivity index (χ4v) is 2.16. The van der Waals surface area contributed by atoms with Gasteiger partial charge in [0, 0.05) is 9.26 Å². The number of hydrogen-bond donors (Lipinski definition) is 2. The Hall–Kier alpha value is -1.37. The van der Waals surface area contributed by atoms with Crippen molar-refractivity contribution in [3.8, 4) is 0 Å². The van der Waals surface area contributed by atoms with Gasteiger partial charge in [0.25, 0.3) is 5.91 Å². The van der Waals surface area contributed by atoms with Crippen LogP contribution in [0.25, 0.3) is 0 Å². The zero-order valence-electron chi connectivity index (χ0n) is 9.54. The molecule has 5 heteroatoms. The van der Waals surface area contributed by atoms with Crippen molar-refractivity contribution in [2.24, 2.45) is 0 Å². The number of halogens is 1. The number of benzene rings is 1. The Morgan fingerprint density at radius 3 is 2.65 bits per heavy atom. The number of H-pyrrole nitrogens is 1. The summed E-state index contributed by atoms with van der Waals surface area (Å²) in [5.74, 6) is -0.127. The van der Waals surface area contributed by atoms with Crippen molar-refractivity contribution in [2.45, 2.75) is 13.8 Å². The molecule has 0 aliphatic heterocycles. The van der Waals surface area contributed by atoms with E-state index < -0.39 is 0 Å². The number of nitrogens with zero attached hydrogens (tertiary/aromatic N) is 1. The Morgan fingerprint density at radius 2 is 2.06 bits per heavy atom. The maximum absolute atomic E-state index is 12.1. The first kappa shape index (κ1) is 12.1. The average molecular weight is 341 g/mol. The molecule has 2 aromatic rings. The van der Waals surface area contributed by atoms with Crippen LogP contribution >= 0.6 is 22.6 Å². The molecule has 0 spiro atoms. The van der Waals surface area contributed by atoms with Gasteiger partial charge >= 0.3 is 0 Å². The molecule has 0 fully saturated rings. The van der Waals surface area contributed by atoms with Crippen molar-refractivity contribution >= 4 is 34.2 Å². The van der Waals surface area contributed by atoms with Gasteiger partial charge in [0.05, 0.1) is 16.9 Å². The van der Waals surface area contributed by atoms with Crippen LogP contribution in [-0.4, -0.2) is 16.1 Å². The Balaban J connectivity index is 2.27. The van der Waals surface area contributed by atoms with Crippen molar-refractivity contribution in [1.29, 1.82) is 0 Å². The Bertz CT molecular complexity index is 543. The van der Waals surface area contributed by atoms with E-state index in [2.05, 4.69) is 38.1 Å². The summed E-state index contributed by atoms with van der Waals surface area (Å²) in [5, 5.41) is 9.71. The number of carbonyl (C=O) groups is 1. The fraction of sp³-hybridized carbons (Fsp3) is 0.167. The summed E-state index contributed by atoms with van der Waals surface area (Å²) in [6.07, 6.45) is 0. The zero-order chi connectivity index (χ0) is 12.4. The number of amides is 1.